The van der Waals surface area contributed by atoms with E-state index in [1.165, 1.54) is 25.1 Å². The van der Waals surface area contributed by atoms with Gasteiger partial charge in [0, 0.05) is 24.3 Å². The molecule has 6 heteroatoms. The highest BCUT2D eigenvalue weighted by Gasteiger charge is 2.24. The molecule has 24 heavy (non-hydrogen) atoms. The Morgan fingerprint density at radius 2 is 1.83 bits per heavy atom. The van der Waals surface area contributed by atoms with Gasteiger partial charge in [0.05, 0.1) is 11.7 Å². The molecule has 0 atom stereocenters. The lowest BCUT2D eigenvalue weighted by Gasteiger charge is -2.37. The number of amides is 1. The van der Waals surface area contributed by atoms with E-state index < -0.39 is 5.91 Å². The van der Waals surface area contributed by atoms with Gasteiger partial charge in [0.2, 0.25) is 5.91 Å². The minimum absolute atomic E-state index is 0.160. The maximum Gasteiger partial charge on any atom is 0.248 e. The van der Waals surface area contributed by atoms with Gasteiger partial charge in [-0.05, 0) is 49.4 Å². The molecule has 2 aromatic carbocycles. The number of ketones is 1. The van der Waals surface area contributed by atoms with Gasteiger partial charge in [-0.2, -0.15) is 0 Å². The second kappa shape index (κ2) is 6.33. The average Bonchev–Trinajstić information content (AvgIpc) is 2.52. The van der Waals surface area contributed by atoms with Crippen molar-refractivity contribution in [2.75, 3.05) is 18.0 Å². The van der Waals surface area contributed by atoms with E-state index in [0.717, 1.165) is 5.69 Å². The number of primary amides is 1. The summed E-state index contributed by atoms with van der Waals surface area (Å²) in [5, 5.41) is 9.35. The van der Waals surface area contributed by atoms with Crippen LogP contribution in [-0.4, -0.2) is 36.0 Å². The molecule has 1 heterocycles. The van der Waals surface area contributed by atoms with Crippen LogP contribution in [0.5, 0.6) is 11.5 Å². The van der Waals surface area contributed by atoms with E-state index in [2.05, 4.69) is 0 Å². The van der Waals surface area contributed by atoms with Gasteiger partial charge in [-0.15, -0.1) is 0 Å². The first-order valence-electron chi connectivity index (χ1n) is 7.60. The van der Waals surface area contributed by atoms with Crippen molar-refractivity contribution in [2.45, 2.75) is 13.0 Å². The van der Waals surface area contributed by atoms with Crippen LogP contribution < -0.4 is 15.4 Å². The van der Waals surface area contributed by atoms with Gasteiger partial charge in [0.15, 0.2) is 5.78 Å². The molecule has 6 nitrogen and oxygen atoms in total. The standard InChI is InChI=1S/C18H18N2O4/c1-11(21)16-7-2-12(18(19)23)8-17(16)24-15-5-3-13(4-6-15)20-9-14(22)10-20/h2-8,14,22H,9-10H2,1H3,(H2,19,23). The third-order valence-electron chi connectivity index (χ3n) is 3.94. The highest BCUT2D eigenvalue weighted by molar-refractivity contribution is 5.99. The molecule has 0 aliphatic carbocycles. The number of nitrogens with zero attached hydrogens (tertiary/aromatic N) is 1. The molecule has 0 saturated carbocycles. The second-order valence-corrected chi connectivity index (χ2v) is 5.79. The predicted octanol–water partition coefficient (Wildman–Crippen LogP) is 1.96. The minimum Gasteiger partial charge on any atom is -0.457 e. The van der Waals surface area contributed by atoms with Gasteiger partial charge >= 0.3 is 0 Å². The van der Waals surface area contributed by atoms with E-state index in [4.69, 9.17) is 10.5 Å². The number of nitrogens with two attached hydrogens (primary N) is 1. The van der Waals surface area contributed by atoms with Gasteiger partial charge in [-0.25, -0.2) is 0 Å². The Labute approximate surface area is 139 Å². The van der Waals surface area contributed by atoms with Gasteiger partial charge in [0.25, 0.3) is 0 Å². The Bertz CT molecular complexity index is 780. The van der Waals surface area contributed by atoms with Crippen LogP contribution in [0.3, 0.4) is 0 Å². The van der Waals surface area contributed by atoms with Gasteiger partial charge in [-0.1, -0.05) is 0 Å². The third kappa shape index (κ3) is 3.23. The molecule has 2 aromatic rings. The predicted molar refractivity (Wildman–Crippen MR) is 89.7 cm³/mol. The van der Waals surface area contributed by atoms with Crippen LogP contribution in [0.25, 0.3) is 0 Å². The van der Waals surface area contributed by atoms with Crippen LogP contribution in [0.4, 0.5) is 5.69 Å². The molecule has 124 valence electrons. The first-order valence-corrected chi connectivity index (χ1v) is 7.60. The lowest BCUT2D eigenvalue weighted by Crippen LogP contribution is -2.50. The molecule has 0 radical (unpaired) electrons. The van der Waals surface area contributed by atoms with Crippen molar-refractivity contribution in [3.8, 4) is 11.5 Å². The molecule has 3 rings (SSSR count). The van der Waals surface area contributed by atoms with Crippen molar-refractivity contribution in [2.24, 2.45) is 5.73 Å². The highest BCUT2D eigenvalue weighted by Crippen LogP contribution is 2.29. The number of aliphatic hydroxyl groups is 1. The Balaban J connectivity index is 1.83. The van der Waals surface area contributed by atoms with Crippen molar-refractivity contribution < 1.29 is 19.4 Å². The topological polar surface area (TPSA) is 92.9 Å². The molecule has 1 saturated heterocycles. The highest BCUT2D eigenvalue weighted by atomic mass is 16.5. The lowest BCUT2D eigenvalue weighted by molar-refractivity contribution is 0.0991. The molecular weight excluding hydrogens is 308 g/mol. The molecule has 0 spiro atoms. The van der Waals surface area contributed by atoms with Crippen LogP contribution in [0.15, 0.2) is 42.5 Å². The number of hydrogen-bond donors (Lipinski definition) is 2. The zero-order chi connectivity index (χ0) is 17.3. The Morgan fingerprint density at radius 3 is 2.38 bits per heavy atom. The fraction of sp³-hybridized carbons (Fsp3) is 0.222. The van der Waals surface area contributed by atoms with E-state index in [0.29, 0.717) is 30.2 Å². The summed E-state index contributed by atoms with van der Waals surface area (Å²) in [4.78, 5) is 25.1. The number of carbonyl (C=O) groups excluding carboxylic acids is 2. The quantitative estimate of drug-likeness (QED) is 0.819. The number of aliphatic hydroxyl groups excluding tert-OH is 1. The Kier molecular flexibility index (Phi) is 4.22. The first-order chi connectivity index (χ1) is 11.4. The van der Waals surface area contributed by atoms with Gasteiger partial charge in [0.1, 0.15) is 11.5 Å². The maximum atomic E-state index is 11.7. The number of carbonyl (C=O) groups is 2. The van der Waals surface area contributed by atoms with Gasteiger partial charge < -0.3 is 20.5 Å². The van der Waals surface area contributed by atoms with Gasteiger partial charge in [-0.3, -0.25) is 9.59 Å². The maximum absolute atomic E-state index is 11.7. The summed E-state index contributed by atoms with van der Waals surface area (Å²) in [7, 11) is 0. The van der Waals surface area contributed by atoms with Crippen molar-refractivity contribution in [1.29, 1.82) is 0 Å². The zero-order valence-electron chi connectivity index (χ0n) is 13.2. The van der Waals surface area contributed by atoms with Crippen LogP contribution in [0.1, 0.15) is 27.6 Å². The average molecular weight is 326 g/mol. The summed E-state index contributed by atoms with van der Waals surface area (Å²) in [6.45, 7) is 2.68. The summed E-state index contributed by atoms with van der Waals surface area (Å²) < 4.78 is 5.77. The monoisotopic (exact) mass is 326 g/mol. The first kappa shape index (κ1) is 16.0. The molecule has 0 bridgehead atoms. The van der Waals surface area contributed by atoms with Crippen molar-refractivity contribution >= 4 is 17.4 Å². The molecule has 1 aliphatic heterocycles. The molecular formula is C18H18N2O4. The normalized spacial score (nSPS) is 14.2. The van der Waals surface area contributed by atoms with E-state index in [9.17, 15) is 14.7 Å². The molecule has 1 amide bonds. The molecule has 1 aliphatic rings. The molecule has 1 fully saturated rings. The summed E-state index contributed by atoms with van der Waals surface area (Å²) in [5.41, 5.74) is 6.94. The summed E-state index contributed by atoms with van der Waals surface area (Å²) in [5.74, 6) is 0.101. The van der Waals surface area contributed by atoms with E-state index in [1.54, 1.807) is 12.1 Å². The van der Waals surface area contributed by atoms with Crippen molar-refractivity contribution in [3.63, 3.8) is 0 Å². The van der Waals surface area contributed by atoms with Crippen LogP contribution in [-0.2, 0) is 0 Å². The molecule has 3 N–H and O–H groups in total. The minimum atomic E-state index is -0.582. The zero-order valence-corrected chi connectivity index (χ0v) is 13.2. The van der Waals surface area contributed by atoms with Crippen LogP contribution in [0.2, 0.25) is 0 Å². The smallest absolute Gasteiger partial charge is 0.248 e. The fourth-order valence-electron chi connectivity index (χ4n) is 2.57. The SMILES string of the molecule is CC(=O)c1ccc(C(N)=O)cc1Oc1ccc(N2CC(O)C2)cc1. The third-order valence-corrected chi connectivity index (χ3v) is 3.94. The van der Waals surface area contributed by atoms with E-state index in [1.807, 2.05) is 17.0 Å². The van der Waals surface area contributed by atoms with Crippen molar-refractivity contribution in [1.82, 2.24) is 0 Å². The van der Waals surface area contributed by atoms with E-state index >= 15 is 0 Å². The van der Waals surface area contributed by atoms with E-state index in [-0.39, 0.29) is 17.5 Å². The second-order valence-electron chi connectivity index (χ2n) is 5.79. The number of rotatable bonds is 5. The lowest BCUT2D eigenvalue weighted by atomic mass is 10.1. The number of benzene rings is 2. The number of Topliss-reactive ketones (excluding diaryl/α,β-unsaturated/α-hetero) is 1. The number of β-amino-alcohol motifs (C(OH)–C–C–N with tert-alkyl or cyclic N) is 1. The fourth-order valence-corrected chi connectivity index (χ4v) is 2.57. The summed E-state index contributed by atoms with van der Waals surface area (Å²) in [6.07, 6.45) is -0.268. The molecule has 0 aromatic heterocycles. The largest absolute Gasteiger partial charge is 0.457 e. The number of hydrogen-bond acceptors (Lipinski definition) is 5. The Morgan fingerprint density at radius 1 is 1.17 bits per heavy atom. The number of ether oxygens (including phenoxy) is 1. The van der Waals surface area contributed by atoms with Crippen molar-refractivity contribution in [3.05, 3.63) is 53.6 Å². The number of anilines is 1. The summed E-state index contributed by atoms with van der Waals surface area (Å²) >= 11 is 0. The molecule has 0 unspecified atom stereocenters. The Hall–Kier alpha value is -2.86. The van der Waals surface area contributed by atoms with Crippen LogP contribution in [0, 0.1) is 0 Å². The summed E-state index contributed by atoms with van der Waals surface area (Å²) in [6, 6.07) is 11.8. The van der Waals surface area contributed by atoms with Crippen LogP contribution >= 0.6 is 0 Å².